The molecule has 0 aliphatic carbocycles. The van der Waals surface area contributed by atoms with E-state index < -0.39 is 74.6 Å². The molecular formula is C26H32O13. The van der Waals surface area contributed by atoms with E-state index in [0.717, 1.165) is 5.56 Å². The van der Waals surface area contributed by atoms with Gasteiger partial charge in [0.15, 0.2) is 0 Å². The van der Waals surface area contributed by atoms with E-state index in [0.29, 0.717) is 5.56 Å². The van der Waals surface area contributed by atoms with Crippen molar-refractivity contribution in [2.24, 2.45) is 0 Å². The zero-order chi connectivity index (χ0) is 28.3. The topological polar surface area (TPSA) is 219 Å². The van der Waals surface area contributed by atoms with Crippen LogP contribution in [0, 0.1) is 0 Å². The molecule has 13 nitrogen and oxygen atoms in total. The molecule has 2 fully saturated rings. The van der Waals surface area contributed by atoms with Crippen LogP contribution in [0.5, 0.6) is 17.2 Å². The second kappa shape index (κ2) is 12.6. The first kappa shape index (κ1) is 29.2. The standard InChI is InChI=1S/C26H32O13/c27-10-17-19(30)21(32)23(34)25(38-17)36-15-7-13(2-1-12-3-5-14(29)6-4-12)8-16(9-15)37-26-24(35)22(33)20(31)18(11-28)39-26/h1-9,17-35H,10-11H2/b2-1+/t17-,18-,19-,20-,21+,22+,23-,24-,25-,26-/m1/s1. The summed E-state index contributed by atoms with van der Waals surface area (Å²) in [7, 11) is 0. The minimum atomic E-state index is -1.67. The van der Waals surface area contributed by atoms with Gasteiger partial charge in [-0.05, 0) is 35.4 Å². The van der Waals surface area contributed by atoms with E-state index >= 15 is 0 Å². The number of ether oxygens (including phenoxy) is 4. The molecular weight excluding hydrogens is 520 g/mol. The summed E-state index contributed by atoms with van der Waals surface area (Å²) in [5.41, 5.74) is 1.22. The van der Waals surface area contributed by atoms with Crippen LogP contribution in [0.3, 0.4) is 0 Å². The normalized spacial score (nSPS) is 35.2. The molecule has 214 valence electrons. The number of rotatable bonds is 8. The summed E-state index contributed by atoms with van der Waals surface area (Å²) in [6.07, 6.45) is -11.8. The number of phenols is 1. The molecule has 10 atom stereocenters. The van der Waals surface area contributed by atoms with Crippen LogP contribution in [0.4, 0.5) is 0 Å². The van der Waals surface area contributed by atoms with E-state index in [1.54, 1.807) is 24.3 Å². The van der Waals surface area contributed by atoms with Crippen molar-refractivity contribution < 1.29 is 64.9 Å². The third-order valence-corrected chi connectivity index (χ3v) is 6.47. The van der Waals surface area contributed by atoms with Gasteiger partial charge in [0.25, 0.3) is 0 Å². The van der Waals surface area contributed by atoms with E-state index in [1.165, 1.54) is 30.3 Å². The van der Waals surface area contributed by atoms with Crippen LogP contribution < -0.4 is 9.47 Å². The maximum atomic E-state index is 10.4. The lowest BCUT2D eigenvalue weighted by molar-refractivity contribution is -0.278. The first-order valence-corrected chi connectivity index (χ1v) is 12.2. The fourth-order valence-electron chi connectivity index (χ4n) is 4.20. The summed E-state index contributed by atoms with van der Waals surface area (Å²) in [5, 5.41) is 89.4. The molecule has 39 heavy (non-hydrogen) atoms. The minimum absolute atomic E-state index is 0.0479. The largest absolute Gasteiger partial charge is 0.508 e. The Hall–Kier alpha value is -2.82. The highest BCUT2D eigenvalue weighted by atomic mass is 16.7. The number of aliphatic hydroxyl groups excluding tert-OH is 8. The summed E-state index contributed by atoms with van der Waals surface area (Å²) in [4.78, 5) is 0. The number of hydrogen-bond acceptors (Lipinski definition) is 13. The van der Waals surface area contributed by atoms with Gasteiger partial charge in [-0.1, -0.05) is 24.3 Å². The zero-order valence-electron chi connectivity index (χ0n) is 20.5. The van der Waals surface area contributed by atoms with Crippen molar-refractivity contribution in [2.75, 3.05) is 13.2 Å². The molecule has 13 heteroatoms. The highest BCUT2D eigenvalue weighted by Gasteiger charge is 2.46. The first-order valence-electron chi connectivity index (χ1n) is 12.2. The van der Waals surface area contributed by atoms with Gasteiger partial charge >= 0.3 is 0 Å². The Labute approximate surface area is 222 Å². The molecule has 2 aromatic rings. The molecule has 0 saturated carbocycles. The quantitative estimate of drug-likeness (QED) is 0.161. The minimum Gasteiger partial charge on any atom is -0.508 e. The molecule has 0 unspecified atom stereocenters. The van der Waals surface area contributed by atoms with E-state index in [2.05, 4.69) is 0 Å². The Morgan fingerprint density at radius 3 is 1.46 bits per heavy atom. The molecule has 2 saturated heterocycles. The maximum absolute atomic E-state index is 10.4. The molecule has 0 amide bonds. The van der Waals surface area contributed by atoms with Crippen molar-refractivity contribution in [2.45, 2.75) is 61.4 Å². The van der Waals surface area contributed by atoms with Crippen molar-refractivity contribution in [3.63, 3.8) is 0 Å². The molecule has 2 heterocycles. The van der Waals surface area contributed by atoms with Crippen molar-refractivity contribution in [3.05, 3.63) is 53.6 Å². The fraction of sp³-hybridized carbons (Fsp3) is 0.462. The zero-order valence-corrected chi connectivity index (χ0v) is 20.5. The Morgan fingerprint density at radius 2 is 1.03 bits per heavy atom. The molecule has 0 bridgehead atoms. The van der Waals surface area contributed by atoms with Crippen molar-refractivity contribution >= 4 is 12.2 Å². The predicted molar refractivity (Wildman–Crippen MR) is 132 cm³/mol. The summed E-state index contributed by atoms with van der Waals surface area (Å²) in [5.74, 6) is 0.191. The second-order valence-corrected chi connectivity index (χ2v) is 9.29. The molecule has 4 rings (SSSR count). The molecule has 2 aliphatic rings. The number of aliphatic hydroxyl groups is 8. The number of aromatic hydroxyl groups is 1. The predicted octanol–water partition coefficient (Wildman–Crippen LogP) is -2.08. The van der Waals surface area contributed by atoms with Gasteiger partial charge in [0.1, 0.15) is 66.1 Å². The van der Waals surface area contributed by atoms with E-state index in [1.807, 2.05) is 0 Å². The molecule has 9 N–H and O–H groups in total. The molecule has 2 aromatic carbocycles. The van der Waals surface area contributed by atoms with Crippen LogP contribution in [0.1, 0.15) is 11.1 Å². The van der Waals surface area contributed by atoms with Crippen molar-refractivity contribution in [3.8, 4) is 17.2 Å². The third kappa shape index (κ3) is 6.67. The third-order valence-electron chi connectivity index (χ3n) is 6.47. The Kier molecular flexibility index (Phi) is 9.40. The summed E-state index contributed by atoms with van der Waals surface area (Å²) < 4.78 is 22.3. The first-order chi connectivity index (χ1) is 18.6. The van der Waals surface area contributed by atoms with Gasteiger partial charge in [0.05, 0.1) is 13.2 Å². The fourth-order valence-corrected chi connectivity index (χ4v) is 4.20. The average molecular weight is 553 g/mol. The average Bonchev–Trinajstić information content (AvgIpc) is 2.93. The van der Waals surface area contributed by atoms with Gasteiger partial charge in [-0.25, -0.2) is 0 Å². The monoisotopic (exact) mass is 552 g/mol. The molecule has 0 radical (unpaired) electrons. The lowest BCUT2D eigenvalue weighted by atomic mass is 9.99. The van der Waals surface area contributed by atoms with Gasteiger partial charge in [-0.15, -0.1) is 0 Å². The second-order valence-electron chi connectivity index (χ2n) is 9.29. The highest BCUT2D eigenvalue weighted by molar-refractivity contribution is 5.71. The highest BCUT2D eigenvalue weighted by Crippen LogP contribution is 2.31. The van der Waals surface area contributed by atoms with Gasteiger partial charge in [-0.2, -0.15) is 0 Å². The Bertz CT molecular complexity index is 1050. The van der Waals surface area contributed by atoms with Crippen LogP contribution in [0.25, 0.3) is 12.2 Å². The van der Waals surface area contributed by atoms with E-state index in [4.69, 9.17) is 18.9 Å². The number of benzene rings is 2. The van der Waals surface area contributed by atoms with Gasteiger partial charge in [0.2, 0.25) is 12.6 Å². The summed E-state index contributed by atoms with van der Waals surface area (Å²) in [6, 6.07) is 10.7. The van der Waals surface area contributed by atoms with Crippen molar-refractivity contribution in [1.82, 2.24) is 0 Å². The Morgan fingerprint density at radius 1 is 0.590 bits per heavy atom. The smallest absolute Gasteiger partial charge is 0.229 e. The van der Waals surface area contributed by atoms with Crippen LogP contribution >= 0.6 is 0 Å². The lowest BCUT2D eigenvalue weighted by Gasteiger charge is -2.40. The molecule has 2 aliphatic heterocycles. The van der Waals surface area contributed by atoms with Crippen LogP contribution in [-0.2, 0) is 9.47 Å². The maximum Gasteiger partial charge on any atom is 0.229 e. The van der Waals surface area contributed by atoms with Crippen LogP contribution in [0.15, 0.2) is 42.5 Å². The Balaban J connectivity index is 1.62. The van der Waals surface area contributed by atoms with Gasteiger partial charge in [0, 0.05) is 6.07 Å². The number of phenolic OH excluding ortho intramolecular Hbond substituents is 1. The molecule has 0 spiro atoms. The van der Waals surface area contributed by atoms with Crippen LogP contribution in [0.2, 0.25) is 0 Å². The van der Waals surface area contributed by atoms with Crippen molar-refractivity contribution in [1.29, 1.82) is 0 Å². The summed E-state index contributed by atoms with van der Waals surface area (Å²) in [6.45, 7) is -1.29. The van der Waals surface area contributed by atoms with Gasteiger partial charge < -0.3 is 64.9 Å². The van der Waals surface area contributed by atoms with E-state index in [9.17, 15) is 46.0 Å². The SMILES string of the molecule is OC[C@H]1O[C@@H](Oc2cc(/C=C/c3ccc(O)cc3)cc(O[C@@H]3O[C@H](CO)[C@@H](O)[C@H](O)[C@H]3O)c2)[C@H](O)[C@@H](O)[C@@H]1O. The molecule has 0 aromatic heterocycles. The van der Waals surface area contributed by atoms with Crippen LogP contribution in [-0.4, -0.2) is 121 Å². The summed E-state index contributed by atoms with van der Waals surface area (Å²) >= 11 is 0. The lowest BCUT2D eigenvalue weighted by Crippen LogP contribution is -2.60. The number of hydrogen-bond donors (Lipinski definition) is 9. The van der Waals surface area contributed by atoms with Gasteiger partial charge in [-0.3, -0.25) is 0 Å². The van der Waals surface area contributed by atoms with E-state index in [-0.39, 0.29) is 17.2 Å².